The first-order valence-corrected chi connectivity index (χ1v) is 10.7. The number of hydrogen-bond donors (Lipinski definition) is 2. The van der Waals surface area contributed by atoms with E-state index in [4.69, 9.17) is 5.10 Å². The topological polar surface area (TPSA) is 70.1 Å². The fraction of sp³-hybridized carbons (Fsp3) is 0.120. The maximum Gasteiger partial charge on any atom is 0.206 e. The Kier molecular flexibility index (Phi) is 5.73. The van der Waals surface area contributed by atoms with Crippen LogP contribution in [-0.4, -0.2) is 27.1 Å². The molecule has 0 saturated heterocycles. The molecule has 0 aliphatic heterocycles. The lowest BCUT2D eigenvalue weighted by atomic mass is 10.0. The van der Waals surface area contributed by atoms with Gasteiger partial charge in [0.05, 0.1) is 18.0 Å². The number of phenols is 2. The molecule has 0 saturated carbocycles. The molecule has 4 aromatic rings. The quantitative estimate of drug-likeness (QED) is 0.323. The minimum absolute atomic E-state index is 0.00540. The fourth-order valence-corrected chi connectivity index (χ4v) is 4.19. The Bertz CT molecular complexity index is 1370. The predicted octanol–water partition coefficient (Wildman–Crippen LogP) is 5.53. The zero-order valence-corrected chi connectivity index (χ0v) is 18.2. The Morgan fingerprint density at radius 2 is 1.81 bits per heavy atom. The summed E-state index contributed by atoms with van der Waals surface area (Å²) in [6.07, 6.45) is 0. The van der Waals surface area contributed by atoms with Crippen molar-refractivity contribution in [2.45, 2.75) is 13.8 Å². The van der Waals surface area contributed by atoms with Crippen LogP contribution in [0.25, 0.3) is 22.0 Å². The molecule has 156 valence electrons. The van der Waals surface area contributed by atoms with Crippen LogP contribution < -0.4 is 4.80 Å². The summed E-state index contributed by atoms with van der Waals surface area (Å²) >= 11 is 1.51. The normalized spacial score (nSPS) is 12.5. The van der Waals surface area contributed by atoms with E-state index in [2.05, 4.69) is 35.8 Å². The van der Waals surface area contributed by atoms with E-state index in [1.807, 2.05) is 42.1 Å². The van der Waals surface area contributed by atoms with E-state index in [1.165, 1.54) is 23.5 Å². The fourth-order valence-electron chi connectivity index (χ4n) is 3.37. The van der Waals surface area contributed by atoms with Crippen molar-refractivity contribution < 1.29 is 10.2 Å². The zero-order chi connectivity index (χ0) is 22.0. The third-order valence-electron chi connectivity index (χ3n) is 4.86. The Morgan fingerprint density at radius 3 is 2.58 bits per heavy atom. The average molecular weight is 430 g/mol. The summed E-state index contributed by atoms with van der Waals surface area (Å²) in [6.45, 7) is 8.22. The molecule has 2 N–H and O–H groups in total. The van der Waals surface area contributed by atoms with Gasteiger partial charge in [0.2, 0.25) is 4.80 Å². The average Bonchev–Trinajstić information content (AvgIpc) is 3.13. The first-order valence-electron chi connectivity index (χ1n) is 9.85. The smallest absolute Gasteiger partial charge is 0.206 e. The van der Waals surface area contributed by atoms with Gasteiger partial charge in [-0.05, 0) is 36.8 Å². The van der Waals surface area contributed by atoms with E-state index in [1.54, 1.807) is 6.07 Å². The number of benzene rings is 3. The van der Waals surface area contributed by atoms with Gasteiger partial charge >= 0.3 is 0 Å². The highest BCUT2D eigenvalue weighted by atomic mass is 32.1. The zero-order valence-electron chi connectivity index (χ0n) is 17.4. The molecule has 0 unspecified atom stereocenters. The number of aromatic nitrogens is 1. The number of thiazole rings is 1. The van der Waals surface area contributed by atoms with Crippen molar-refractivity contribution in [1.82, 2.24) is 4.68 Å². The number of nitrogens with zero attached hydrogens (tertiary/aromatic N) is 3. The number of phenolic OH excluding ortho intramolecular Hbond substituents is 2. The summed E-state index contributed by atoms with van der Waals surface area (Å²) in [7, 11) is 0. The van der Waals surface area contributed by atoms with Gasteiger partial charge in [0, 0.05) is 22.6 Å². The van der Waals surface area contributed by atoms with Crippen LogP contribution in [0.1, 0.15) is 19.4 Å². The summed E-state index contributed by atoms with van der Waals surface area (Å²) in [5.74, 6) is -0.0185. The highest BCUT2D eigenvalue weighted by Crippen LogP contribution is 2.29. The second kappa shape index (κ2) is 8.62. The van der Waals surface area contributed by atoms with E-state index < -0.39 is 0 Å². The number of hydrogen-bond acceptors (Lipinski definition) is 5. The van der Waals surface area contributed by atoms with Crippen LogP contribution in [0.4, 0.5) is 0 Å². The van der Waals surface area contributed by atoms with Crippen molar-refractivity contribution in [3.63, 3.8) is 0 Å². The first-order chi connectivity index (χ1) is 14.9. The summed E-state index contributed by atoms with van der Waals surface area (Å²) in [5, 5.41) is 29.0. The van der Waals surface area contributed by atoms with Gasteiger partial charge in [0.15, 0.2) is 0 Å². The van der Waals surface area contributed by atoms with Crippen LogP contribution >= 0.6 is 11.3 Å². The Labute approximate surface area is 184 Å². The van der Waals surface area contributed by atoms with Crippen molar-refractivity contribution in [3.05, 3.63) is 88.6 Å². The Balaban J connectivity index is 1.94. The van der Waals surface area contributed by atoms with Gasteiger partial charge in [-0.25, -0.2) is 4.68 Å². The number of rotatable bonds is 5. The molecule has 1 heterocycles. The summed E-state index contributed by atoms with van der Waals surface area (Å²) in [5.41, 5.74) is 4.08. The highest BCUT2D eigenvalue weighted by Gasteiger charge is 2.13. The van der Waals surface area contributed by atoms with Crippen molar-refractivity contribution in [2.24, 2.45) is 10.1 Å². The molecule has 31 heavy (non-hydrogen) atoms. The molecule has 0 aliphatic rings. The van der Waals surface area contributed by atoms with Crippen molar-refractivity contribution in [2.75, 3.05) is 6.54 Å². The minimum atomic E-state index is -0.0239. The molecule has 4 rings (SSSR count). The van der Waals surface area contributed by atoms with Crippen LogP contribution in [0.15, 0.2) is 88.3 Å². The molecule has 0 radical (unpaired) electrons. The number of fused-ring (bicyclic) bond motifs is 1. The second-order valence-corrected chi connectivity index (χ2v) is 8.24. The van der Waals surface area contributed by atoms with Crippen molar-refractivity contribution >= 4 is 27.8 Å². The molecule has 0 amide bonds. The largest absolute Gasteiger partial charge is 0.508 e. The van der Waals surface area contributed by atoms with E-state index in [0.717, 1.165) is 32.4 Å². The lowest BCUT2D eigenvalue weighted by Crippen LogP contribution is -2.15. The van der Waals surface area contributed by atoms with E-state index in [-0.39, 0.29) is 11.5 Å². The molecule has 5 nitrogen and oxygen atoms in total. The molecular formula is C25H23N3O2S. The molecule has 3 aromatic carbocycles. The highest BCUT2D eigenvalue weighted by molar-refractivity contribution is 7.07. The van der Waals surface area contributed by atoms with Gasteiger partial charge in [-0.3, -0.25) is 4.99 Å². The van der Waals surface area contributed by atoms with Crippen LogP contribution in [0, 0.1) is 0 Å². The van der Waals surface area contributed by atoms with Crippen LogP contribution in [0.2, 0.25) is 0 Å². The van der Waals surface area contributed by atoms with Gasteiger partial charge in [0.25, 0.3) is 0 Å². The third-order valence-corrected chi connectivity index (χ3v) is 5.71. The maximum absolute atomic E-state index is 10.3. The molecule has 0 fully saturated rings. The lowest BCUT2D eigenvalue weighted by Gasteiger charge is -2.10. The molecule has 0 spiro atoms. The number of aromatic hydroxyl groups is 2. The Hall–Kier alpha value is -3.64. The first kappa shape index (κ1) is 20.6. The SMILES string of the molecule is C=C(C)CN=c1scc(-c2cccc3ccccc23)n1N=C(C)c1ccc(O)cc1O. The molecule has 0 bridgehead atoms. The van der Waals surface area contributed by atoms with Gasteiger partial charge in [-0.15, -0.1) is 11.3 Å². The van der Waals surface area contributed by atoms with Crippen molar-refractivity contribution in [3.8, 4) is 22.8 Å². The predicted molar refractivity (Wildman–Crippen MR) is 128 cm³/mol. The Morgan fingerprint density at radius 1 is 1.03 bits per heavy atom. The molecule has 6 heteroatoms. The van der Waals surface area contributed by atoms with Gasteiger partial charge in [-0.1, -0.05) is 54.6 Å². The second-order valence-electron chi connectivity index (χ2n) is 7.40. The summed E-state index contributed by atoms with van der Waals surface area (Å²) in [4.78, 5) is 5.43. The van der Waals surface area contributed by atoms with Gasteiger partial charge in [-0.2, -0.15) is 5.10 Å². The maximum atomic E-state index is 10.3. The van der Waals surface area contributed by atoms with Crippen LogP contribution in [-0.2, 0) is 0 Å². The molecule has 1 aromatic heterocycles. The summed E-state index contributed by atoms with van der Waals surface area (Å²) in [6, 6.07) is 18.9. The summed E-state index contributed by atoms with van der Waals surface area (Å²) < 4.78 is 1.82. The molecular weight excluding hydrogens is 406 g/mol. The van der Waals surface area contributed by atoms with Gasteiger partial charge < -0.3 is 10.2 Å². The third kappa shape index (κ3) is 4.29. The van der Waals surface area contributed by atoms with Crippen molar-refractivity contribution in [1.29, 1.82) is 0 Å². The van der Waals surface area contributed by atoms with Crippen LogP contribution in [0.3, 0.4) is 0 Å². The van der Waals surface area contributed by atoms with E-state index in [0.29, 0.717) is 17.8 Å². The van der Waals surface area contributed by atoms with Crippen LogP contribution in [0.5, 0.6) is 11.5 Å². The van der Waals surface area contributed by atoms with E-state index in [9.17, 15) is 10.2 Å². The van der Waals surface area contributed by atoms with Gasteiger partial charge in [0.1, 0.15) is 11.5 Å². The van der Waals surface area contributed by atoms with E-state index >= 15 is 0 Å². The standard InChI is InChI=1S/C25H23N3O2S/c1-16(2)14-26-25-28(27-17(3)20-12-11-19(29)13-24(20)30)23(15-31-25)22-10-6-8-18-7-4-5-9-21(18)22/h4-13,15,29-30H,1,14H2,2-3H3. The lowest BCUT2D eigenvalue weighted by molar-refractivity contribution is 0.450. The minimum Gasteiger partial charge on any atom is -0.508 e. The molecule has 0 aliphatic carbocycles. The monoisotopic (exact) mass is 429 g/mol. The molecule has 0 atom stereocenters.